The normalized spacial score (nSPS) is 23.6. The molecule has 0 bridgehead atoms. The first-order valence-electron chi connectivity index (χ1n) is 8.21. The van der Waals surface area contributed by atoms with Crippen molar-refractivity contribution in [2.45, 2.75) is 69.3 Å². The molecule has 2 aliphatic rings. The van der Waals surface area contributed by atoms with Gasteiger partial charge in [0.15, 0.2) is 0 Å². The van der Waals surface area contributed by atoms with E-state index < -0.39 is 9.84 Å². The predicted octanol–water partition coefficient (Wildman–Crippen LogP) is 2.80. The van der Waals surface area contributed by atoms with Crippen molar-refractivity contribution >= 4 is 15.9 Å². The Morgan fingerprint density at radius 2 is 1.86 bits per heavy atom. The summed E-state index contributed by atoms with van der Waals surface area (Å²) in [6, 6.07) is 0.349. The maximum atomic E-state index is 12.6. The highest BCUT2D eigenvalue weighted by molar-refractivity contribution is 7.91. The molecule has 0 aromatic carbocycles. The molecule has 2 heterocycles. The van der Waals surface area contributed by atoms with Crippen LogP contribution in [-0.4, -0.2) is 37.0 Å². The van der Waals surface area contributed by atoms with Gasteiger partial charge in [-0.2, -0.15) is 0 Å². The van der Waals surface area contributed by atoms with E-state index >= 15 is 0 Å². The average molecular weight is 327 g/mol. The fourth-order valence-corrected chi connectivity index (χ4v) is 5.13. The Balaban J connectivity index is 1.78. The second-order valence-corrected chi connectivity index (χ2v) is 9.45. The highest BCUT2D eigenvalue weighted by Gasteiger charge is 2.35. The summed E-state index contributed by atoms with van der Waals surface area (Å²) in [5.74, 6) is 0. The molecule has 0 unspecified atom stereocenters. The number of aromatic nitrogens is 2. The van der Waals surface area contributed by atoms with E-state index in [1.165, 1.54) is 0 Å². The van der Waals surface area contributed by atoms with Crippen molar-refractivity contribution < 1.29 is 12.8 Å². The molecule has 0 N–H and O–H groups in total. The smallest absolute Gasteiger partial charge is 0.337 e. The molecule has 1 aromatic rings. The van der Waals surface area contributed by atoms with Gasteiger partial charge in [0, 0.05) is 13.1 Å². The van der Waals surface area contributed by atoms with Crippen LogP contribution >= 0.6 is 0 Å². The summed E-state index contributed by atoms with van der Waals surface area (Å²) in [6.07, 6.45) is 6.67. The Hall–Kier alpha value is -1.11. The van der Waals surface area contributed by atoms with E-state index in [0.29, 0.717) is 18.9 Å². The average Bonchev–Trinajstić information content (AvgIpc) is 2.98. The molecule has 0 atom stereocenters. The molecule has 0 spiro atoms. The number of nitrogens with zero attached hydrogens (tertiary/aromatic N) is 3. The monoisotopic (exact) mass is 327 g/mol. The van der Waals surface area contributed by atoms with E-state index in [9.17, 15) is 8.42 Å². The Morgan fingerprint density at radius 3 is 2.55 bits per heavy atom. The summed E-state index contributed by atoms with van der Waals surface area (Å²) in [5, 5.41) is 7.29. The number of rotatable bonds is 3. The van der Waals surface area contributed by atoms with Crippen molar-refractivity contribution in [3.05, 3.63) is 0 Å². The molecule has 2 fully saturated rings. The quantitative estimate of drug-likeness (QED) is 0.849. The maximum absolute atomic E-state index is 12.6. The van der Waals surface area contributed by atoms with Gasteiger partial charge < -0.3 is 9.32 Å². The van der Waals surface area contributed by atoms with Gasteiger partial charge in [-0.3, -0.25) is 0 Å². The zero-order valence-electron chi connectivity index (χ0n) is 13.4. The molecule has 22 heavy (non-hydrogen) atoms. The molecule has 1 saturated carbocycles. The minimum Gasteiger partial charge on any atom is -0.394 e. The summed E-state index contributed by atoms with van der Waals surface area (Å²) in [7, 11) is -3.48. The number of anilines is 1. The molecule has 1 aromatic heterocycles. The van der Waals surface area contributed by atoms with Gasteiger partial charge in [-0.1, -0.05) is 43.3 Å². The molecule has 1 saturated heterocycles. The van der Waals surface area contributed by atoms with Crippen molar-refractivity contribution in [3.63, 3.8) is 0 Å². The third-order valence-corrected chi connectivity index (χ3v) is 6.80. The number of piperidine rings is 1. The van der Waals surface area contributed by atoms with Crippen LogP contribution in [0.4, 0.5) is 6.01 Å². The van der Waals surface area contributed by atoms with E-state index in [-0.39, 0.29) is 15.9 Å². The van der Waals surface area contributed by atoms with Gasteiger partial charge in [-0.25, -0.2) is 8.42 Å². The maximum Gasteiger partial charge on any atom is 0.337 e. The van der Waals surface area contributed by atoms with E-state index in [2.05, 4.69) is 24.0 Å². The summed E-state index contributed by atoms with van der Waals surface area (Å²) in [5.41, 5.74) is 0.190. The Kier molecular flexibility index (Phi) is 4.18. The van der Waals surface area contributed by atoms with Gasteiger partial charge in [0.25, 0.3) is 0 Å². The molecule has 0 radical (unpaired) electrons. The van der Waals surface area contributed by atoms with Crippen molar-refractivity contribution in [2.24, 2.45) is 5.41 Å². The van der Waals surface area contributed by atoms with E-state index in [0.717, 1.165) is 45.2 Å². The number of sulfone groups is 1. The van der Waals surface area contributed by atoms with E-state index in [4.69, 9.17) is 4.42 Å². The van der Waals surface area contributed by atoms with Gasteiger partial charge in [-0.15, -0.1) is 0 Å². The van der Waals surface area contributed by atoms with Crippen molar-refractivity contribution in [2.75, 3.05) is 18.0 Å². The van der Waals surface area contributed by atoms with Crippen LogP contribution in [0.5, 0.6) is 0 Å². The lowest BCUT2D eigenvalue weighted by Gasteiger charge is -2.36. The number of hydrogen-bond donors (Lipinski definition) is 0. The lowest BCUT2D eigenvalue weighted by molar-refractivity contribution is 0.280. The van der Waals surface area contributed by atoms with Crippen molar-refractivity contribution in [1.82, 2.24) is 10.2 Å². The van der Waals surface area contributed by atoms with Crippen molar-refractivity contribution in [1.29, 1.82) is 0 Å². The zero-order chi connectivity index (χ0) is 15.8. The zero-order valence-corrected chi connectivity index (χ0v) is 14.2. The van der Waals surface area contributed by atoms with E-state index in [1.807, 2.05) is 4.90 Å². The molecule has 7 heteroatoms. The second-order valence-electron chi connectivity index (χ2n) is 7.34. The summed E-state index contributed by atoms with van der Waals surface area (Å²) < 4.78 is 30.7. The van der Waals surface area contributed by atoms with Crippen LogP contribution in [0, 0.1) is 5.41 Å². The van der Waals surface area contributed by atoms with Crippen LogP contribution in [0.2, 0.25) is 0 Å². The lowest BCUT2D eigenvalue weighted by Crippen LogP contribution is -2.40. The molecular formula is C15H25N3O3S. The minimum atomic E-state index is -3.48. The summed E-state index contributed by atoms with van der Waals surface area (Å²) in [6.45, 7) is 6.07. The van der Waals surface area contributed by atoms with Gasteiger partial charge in [0.1, 0.15) is 0 Å². The third kappa shape index (κ3) is 3.14. The second kappa shape index (κ2) is 5.83. The Morgan fingerprint density at radius 1 is 1.14 bits per heavy atom. The third-order valence-electron chi connectivity index (χ3n) is 4.80. The largest absolute Gasteiger partial charge is 0.394 e. The molecule has 6 nitrogen and oxygen atoms in total. The van der Waals surface area contributed by atoms with Crippen LogP contribution < -0.4 is 4.90 Å². The first kappa shape index (κ1) is 15.8. The SMILES string of the molecule is CC1(C)CCCN(c2nnc(S(=O)(=O)C3CCCCC3)o2)C1. The summed E-state index contributed by atoms with van der Waals surface area (Å²) >= 11 is 0. The highest BCUT2D eigenvalue weighted by atomic mass is 32.2. The first-order chi connectivity index (χ1) is 10.4. The molecule has 3 rings (SSSR count). The van der Waals surface area contributed by atoms with Gasteiger partial charge in [0.05, 0.1) is 5.25 Å². The van der Waals surface area contributed by atoms with Gasteiger partial charge >= 0.3 is 11.2 Å². The first-order valence-corrected chi connectivity index (χ1v) is 9.75. The van der Waals surface area contributed by atoms with Crippen LogP contribution in [0.15, 0.2) is 9.64 Å². The van der Waals surface area contributed by atoms with Crippen LogP contribution in [0.25, 0.3) is 0 Å². The van der Waals surface area contributed by atoms with Crippen molar-refractivity contribution in [3.8, 4) is 0 Å². The molecular weight excluding hydrogens is 302 g/mol. The molecule has 1 aliphatic carbocycles. The van der Waals surface area contributed by atoms with Crippen LogP contribution in [0.1, 0.15) is 58.8 Å². The van der Waals surface area contributed by atoms with Gasteiger partial charge in [0.2, 0.25) is 9.84 Å². The van der Waals surface area contributed by atoms with E-state index in [1.54, 1.807) is 0 Å². The minimum absolute atomic E-state index is 0.190. The summed E-state index contributed by atoms with van der Waals surface area (Å²) in [4.78, 5) is 2.01. The fourth-order valence-electron chi connectivity index (χ4n) is 3.55. The van der Waals surface area contributed by atoms with Crippen LogP contribution in [0.3, 0.4) is 0 Å². The van der Waals surface area contributed by atoms with Gasteiger partial charge in [-0.05, 0) is 31.1 Å². The number of hydrogen-bond acceptors (Lipinski definition) is 6. The highest BCUT2D eigenvalue weighted by Crippen LogP contribution is 2.33. The lowest BCUT2D eigenvalue weighted by atomic mass is 9.84. The topological polar surface area (TPSA) is 76.3 Å². The fraction of sp³-hybridized carbons (Fsp3) is 0.867. The molecule has 1 aliphatic heterocycles. The van der Waals surface area contributed by atoms with Crippen LogP contribution in [-0.2, 0) is 9.84 Å². The predicted molar refractivity (Wildman–Crippen MR) is 83.6 cm³/mol. The Bertz CT molecular complexity index is 618. The standard InChI is InChI=1S/C15H25N3O3S/c1-15(2)9-6-10-18(11-15)13-16-17-14(21-13)22(19,20)12-7-4-3-5-8-12/h12H,3-11H2,1-2H3. The Labute approximate surface area is 132 Å². The molecule has 124 valence electrons. The molecule has 0 amide bonds.